The summed E-state index contributed by atoms with van der Waals surface area (Å²) in [6, 6.07) is 4.93. The number of carbonyl (C=O) groups excluding carboxylic acids is 1. The van der Waals surface area contributed by atoms with Gasteiger partial charge >= 0.3 is 0 Å². The number of benzene rings is 1. The zero-order valence-corrected chi connectivity index (χ0v) is 10.5. The molecular formula is C11H11Cl2N3O. The number of rotatable bonds is 2. The first kappa shape index (κ1) is 12.2. The van der Waals surface area contributed by atoms with Crippen molar-refractivity contribution in [3.8, 4) is 0 Å². The average molecular weight is 272 g/mol. The third-order valence-corrected chi connectivity index (χ3v) is 3.03. The van der Waals surface area contributed by atoms with E-state index in [4.69, 9.17) is 23.2 Å². The maximum absolute atomic E-state index is 11.8. The van der Waals surface area contributed by atoms with Gasteiger partial charge in [0.15, 0.2) is 5.84 Å². The predicted molar refractivity (Wildman–Crippen MR) is 70.0 cm³/mol. The normalized spacial score (nSPS) is 14.8. The van der Waals surface area contributed by atoms with Crippen LogP contribution in [0.1, 0.15) is 6.42 Å². The first-order valence-corrected chi connectivity index (χ1v) is 5.97. The Hall–Kier alpha value is -1.26. The molecule has 1 amide bonds. The molecule has 17 heavy (non-hydrogen) atoms. The van der Waals surface area contributed by atoms with Crippen LogP contribution in [-0.2, 0) is 4.79 Å². The number of aliphatic imine (C=N–C) groups is 1. The van der Waals surface area contributed by atoms with Crippen molar-refractivity contribution in [2.45, 2.75) is 6.42 Å². The van der Waals surface area contributed by atoms with Crippen LogP contribution in [0.15, 0.2) is 23.2 Å². The van der Waals surface area contributed by atoms with E-state index in [2.05, 4.69) is 15.6 Å². The van der Waals surface area contributed by atoms with E-state index in [9.17, 15) is 4.79 Å². The van der Waals surface area contributed by atoms with E-state index >= 15 is 0 Å². The van der Waals surface area contributed by atoms with Crippen molar-refractivity contribution in [1.82, 2.24) is 5.32 Å². The smallest absolute Gasteiger partial charge is 0.290 e. The molecule has 0 aromatic heterocycles. The lowest BCUT2D eigenvalue weighted by atomic mass is 10.3. The lowest BCUT2D eigenvalue weighted by Crippen LogP contribution is -2.39. The van der Waals surface area contributed by atoms with E-state index in [1.165, 1.54) is 0 Å². The summed E-state index contributed by atoms with van der Waals surface area (Å²) in [5.74, 6) is 0.102. The standard InChI is InChI=1S/C11H11Cl2N3O/c12-8-3-2-7(6-9(8)13)16-11(17)10-14-4-1-5-15-10/h2-3,6H,1,4-5H2,(H,14,15)(H,16,17). The number of anilines is 1. The fourth-order valence-corrected chi connectivity index (χ4v) is 1.75. The van der Waals surface area contributed by atoms with Crippen molar-refractivity contribution in [1.29, 1.82) is 0 Å². The Morgan fingerprint density at radius 2 is 2.18 bits per heavy atom. The largest absolute Gasteiger partial charge is 0.366 e. The van der Waals surface area contributed by atoms with E-state index in [0.717, 1.165) is 13.0 Å². The van der Waals surface area contributed by atoms with E-state index in [1.807, 2.05) is 0 Å². The summed E-state index contributed by atoms with van der Waals surface area (Å²) in [6.07, 6.45) is 0.948. The molecule has 0 saturated carbocycles. The number of carbonyl (C=O) groups is 1. The van der Waals surface area contributed by atoms with Crippen LogP contribution in [-0.4, -0.2) is 24.8 Å². The van der Waals surface area contributed by atoms with Crippen molar-refractivity contribution in [2.75, 3.05) is 18.4 Å². The molecule has 0 atom stereocenters. The monoisotopic (exact) mass is 271 g/mol. The van der Waals surface area contributed by atoms with Gasteiger partial charge in [0.25, 0.3) is 5.91 Å². The number of amidine groups is 1. The summed E-state index contributed by atoms with van der Waals surface area (Å²) < 4.78 is 0. The maximum Gasteiger partial charge on any atom is 0.290 e. The Bertz CT molecular complexity index is 474. The minimum Gasteiger partial charge on any atom is -0.366 e. The summed E-state index contributed by atoms with van der Waals surface area (Å²) in [5, 5.41) is 6.51. The van der Waals surface area contributed by atoms with Crippen LogP contribution >= 0.6 is 23.2 Å². The van der Waals surface area contributed by atoms with Gasteiger partial charge in [0.2, 0.25) is 0 Å². The minimum absolute atomic E-state index is 0.261. The molecular weight excluding hydrogens is 261 g/mol. The highest BCUT2D eigenvalue weighted by Crippen LogP contribution is 2.24. The second kappa shape index (κ2) is 5.38. The van der Waals surface area contributed by atoms with E-state index < -0.39 is 0 Å². The fraction of sp³-hybridized carbons (Fsp3) is 0.273. The molecule has 0 saturated heterocycles. The van der Waals surface area contributed by atoms with Gasteiger partial charge in [0, 0.05) is 18.8 Å². The Balaban J connectivity index is 2.07. The van der Waals surface area contributed by atoms with Crippen molar-refractivity contribution in [3.63, 3.8) is 0 Å². The zero-order chi connectivity index (χ0) is 12.3. The second-order valence-corrected chi connectivity index (χ2v) is 4.41. The number of nitrogens with one attached hydrogen (secondary N) is 2. The molecule has 0 bridgehead atoms. The van der Waals surface area contributed by atoms with Crippen LogP contribution in [0, 0.1) is 0 Å². The lowest BCUT2D eigenvalue weighted by molar-refractivity contribution is -0.110. The summed E-state index contributed by atoms with van der Waals surface area (Å²) in [7, 11) is 0. The molecule has 0 unspecified atom stereocenters. The third-order valence-electron chi connectivity index (χ3n) is 2.29. The molecule has 90 valence electrons. The van der Waals surface area contributed by atoms with E-state index in [0.29, 0.717) is 28.1 Å². The molecule has 1 aliphatic rings. The highest BCUT2D eigenvalue weighted by atomic mass is 35.5. The Kier molecular flexibility index (Phi) is 3.86. The van der Waals surface area contributed by atoms with Crippen LogP contribution in [0.25, 0.3) is 0 Å². The predicted octanol–water partition coefficient (Wildman–Crippen LogP) is 2.32. The number of nitrogens with zero attached hydrogens (tertiary/aromatic N) is 1. The van der Waals surface area contributed by atoms with Crippen LogP contribution in [0.3, 0.4) is 0 Å². The molecule has 4 nitrogen and oxygen atoms in total. The van der Waals surface area contributed by atoms with Gasteiger partial charge in [-0.1, -0.05) is 23.2 Å². The Morgan fingerprint density at radius 3 is 2.82 bits per heavy atom. The molecule has 1 aliphatic heterocycles. The molecule has 1 heterocycles. The molecule has 0 fully saturated rings. The van der Waals surface area contributed by atoms with Gasteiger partial charge in [-0.2, -0.15) is 0 Å². The molecule has 6 heteroatoms. The van der Waals surface area contributed by atoms with Gasteiger partial charge in [-0.3, -0.25) is 9.79 Å². The Labute approximate surface area is 109 Å². The van der Waals surface area contributed by atoms with Crippen molar-refractivity contribution < 1.29 is 4.79 Å². The first-order chi connectivity index (χ1) is 8.16. The van der Waals surface area contributed by atoms with Crippen molar-refractivity contribution >= 4 is 40.6 Å². The van der Waals surface area contributed by atoms with Crippen molar-refractivity contribution in [2.24, 2.45) is 4.99 Å². The molecule has 0 aliphatic carbocycles. The van der Waals surface area contributed by atoms with Crippen molar-refractivity contribution in [3.05, 3.63) is 28.2 Å². The zero-order valence-electron chi connectivity index (χ0n) is 8.96. The molecule has 2 rings (SSSR count). The lowest BCUT2D eigenvalue weighted by Gasteiger charge is -2.14. The summed E-state index contributed by atoms with van der Waals surface area (Å²) >= 11 is 11.6. The number of amides is 1. The van der Waals surface area contributed by atoms with Gasteiger partial charge in [-0.05, 0) is 24.6 Å². The number of hydrogen-bond acceptors (Lipinski definition) is 3. The van der Waals surface area contributed by atoms with Crippen LogP contribution in [0.2, 0.25) is 10.0 Å². The van der Waals surface area contributed by atoms with Gasteiger partial charge < -0.3 is 10.6 Å². The first-order valence-electron chi connectivity index (χ1n) is 5.21. The van der Waals surface area contributed by atoms with E-state index in [-0.39, 0.29) is 5.91 Å². The van der Waals surface area contributed by atoms with Crippen LogP contribution in [0.5, 0.6) is 0 Å². The molecule has 1 aromatic rings. The summed E-state index contributed by atoms with van der Waals surface area (Å²) in [4.78, 5) is 15.9. The van der Waals surface area contributed by atoms with Crippen LogP contribution < -0.4 is 10.6 Å². The quantitative estimate of drug-likeness (QED) is 0.868. The van der Waals surface area contributed by atoms with Crippen LogP contribution in [0.4, 0.5) is 5.69 Å². The molecule has 0 radical (unpaired) electrons. The van der Waals surface area contributed by atoms with Gasteiger partial charge in [0.1, 0.15) is 0 Å². The highest BCUT2D eigenvalue weighted by molar-refractivity contribution is 6.43. The molecule has 1 aromatic carbocycles. The number of hydrogen-bond donors (Lipinski definition) is 2. The molecule has 0 spiro atoms. The fourth-order valence-electron chi connectivity index (χ4n) is 1.45. The third kappa shape index (κ3) is 3.11. The highest BCUT2D eigenvalue weighted by Gasteiger charge is 2.13. The van der Waals surface area contributed by atoms with Gasteiger partial charge in [-0.15, -0.1) is 0 Å². The average Bonchev–Trinajstić information content (AvgIpc) is 2.35. The topological polar surface area (TPSA) is 53.5 Å². The minimum atomic E-state index is -0.261. The number of halogens is 2. The summed E-state index contributed by atoms with van der Waals surface area (Å²) in [6.45, 7) is 1.45. The Morgan fingerprint density at radius 1 is 1.35 bits per heavy atom. The van der Waals surface area contributed by atoms with E-state index in [1.54, 1.807) is 18.2 Å². The van der Waals surface area contributed by atoms with Gasteiger partial charge in [0.05, 0.1) is 10.0 Å². The summed E-state index contributed by atoms with van der Waals surface area (Å²) in [5.41, 5.74) is 0.597. The van der Waals surface area contributed by atoms with Gasteiger partial charge in [-0.25, -0.2) is 0 Å². The maximum atomic E-state index is 11.8. The second-order valence-electron chi connectivity index (χ2n) is 3.59. The molecule has 2 N–H and O–H groups in total. The SMILES string of the molecule is O=C(Nc1ccc(Cl)c(Cl)c1)C1=NCCCN1.